The zero-order valence-electron chi connectivity index (χ0n) is 13.5. The molecule has 0 radical (unpaired) electrons. The molecule has 3 rings (SSSR count). The molecule has 1 aromatic heterocycles. The van der Waals surface area contributed by atoms with E-state index in [1.165, 1.54) is 7.05 Å². The van der Waals surface area contributed by atoms with E-state index in [4.69, 9.17) is 4.74 Å². The quantitative estimate of drug-likeness (QED) is 0.820. The Bertz CT molecular complexity index is 713. The van der Waals surface area contributed by atoms with Crippen molar-refractivity contribution in [1.29, 1.82) is 0 Å². The zero-order chi connectivity index (χ0) is 17.8. The minimum Gasteiger partial charge on any atom is -0.381 e. The van der Waals surface area contributed by atoms with Gasteiger partial charge in [-0.05, 0) is 31.1 Å². The number of aryl methyl sites for hydroxylation is 1. The number of nitrogens with zero attached hydrogens (tertiary/aromatic N) is 3. The van der Waals surface area contributed by atoms with E-state index in [1.807, 2.05) is 0 Å². The van der Waals surface area contributed by atoms with Gasteiger partial charge in [0, 0.05) is 33.4 Å². The van der Waals surface area contributed by atoms with E-state index in [2.05, 4.69) is 5.10 Å². The summed E-state index contributed by atoms with van der Waals surface area (Å²) in [4.78, 5) is -0.767. The van der Waals surface area contributed by atoms with Crippen LogP contribution in [-0.2, 0) is 28.0 Å². The highest BCUT2D eigenvalue weighted by atomic mass is 32.2. The van der Waals surface area contributed by atoms with Crippen LogP contribution in [0.5, 0.6) is 0 Å². The summed E-state index contributed by atoms with van der Waals surface area (Å²) in [6.45, 7) is 0.454. The van der Waals surface area contributed by atoms with E-state index >= 15 is 0 Å². The Hall–Kier alpha value is -1.13. The third kappa shape index (κ3) is 2.95. The maximum Gasteiger partial charge on any atom is 0.436 e. The molecule has 136 valence electrons. The molecule has 1 aromatic rings. The number of piperidine rings is 1. The molecule has 1 aliphatic heterocycles. The average Bonchev–Trinajstić information content (AvgIpc) is 2.88. The maximum atomic E-state index is 13.1. The standard InChI is InChI=1S/C14H20F3N3O3S/c1-19-9-11(12(18-19)14(15,16)17)24(21,22)20-5-3-13(4-6-20)7-10(8-13)23-2/h9-10H,3-8H2,1-2H3. The second kappa shape index (κ2) is 5.70. The number of alkyl halides is 3. The summed E-state index contributed by atoms with van der Waals surface area (Å²) in [7, 11) is -1.28. The molecule has 1 aliphatic carbocycles. The monoisotopic (exact) mass is 367 g/mol. The Balaban J connectivity index is 1.79. The molecule has 0 amide bonds. The molecule has 1 spiro atoms. The molecule has 0 bridgehead atoms. The summed E-state index contributed by atoms with van der Waals surface area (Å²) in [5.41, 5.74) is -1.28. The maximum absolute atomic E-state index is 13.1. The second-order valence-corrected chi connectivity index (χ2v) is 8.59. The molecule has 2 heterocycles. The fraction of sp³-hybridized carbons (Fsp3) is 0.786. The molecule has 1 saturated carbocycles. The summed E-state index contributed by atoms with van der Waals surface area (Å²) in [6, 6.07) is 0. The highest BCUT2D eigenvalue weighted by molar-refractivity contribution is 7.89. The molecule has 1 saturated heterocycles. The fourth-order valence-electron chi connectivity index (χ4n) is 3.67. The lowest BCUT2D eigenvalue weighted by Crippen LogP contribution is -2.50. The van der Waals surface area contributed by atoms with Crippen LogP contribution < -0.4 is 0 Å². The molecule has 0 N–H and O–H groups in total. The first-order valence-corrected chi connectivity index (χ1v) is 9.15. The van der Waals surface area contributed by atoms with Gasteiger partial charge in [0.1, 0.15) is 4.90 Å². The van der Waals surface area contributed by atoms with Gasteiger partial charge in [-0.1, -0.05) is 0 Å². The molecule has 0 unspecified atom stereocenters. The van der Waals surface area contributed by atoms with Crippen molar-refractivity contribution in [2.24, 2.45) is 12.5 Å². The molecule has 0 aromatic carbocycles. The third-order valence-electron chi connectivity index (χ3n) is 5.12. The van der Waals surface area contributed by atoms with Gasteiger partial charge >= 0.3 is 6.18 Å². The van der Waals surface area contributed by atoms with Crippen molar-refractivity contribution < 1.29 is 26.3 Å². The van der Waals surface area contributed by atoms with Crippen LogP contribution in [0.3, 0.4) is 0 Å². The van der Waals surface area contributed by atoms with Gasteiger partial charge in [0.2, 0.25) is 10.0 Å². The van der Waals surface area contributed by atoms with Crippen molar-refractivity contribution in [2.75, 3.05) is 20.2 Å². The number of ether oxygens (including phenoxy) is 1. The van der Waals surface area contributed by atoms with Crippen molar-refractivity contribution in [2.45, 2.75) is 42.9 Å². The van der Waals surface area contributed by atoms with E-state index < -0.39 is 26.8 Å². The number of rotatable bonds is 3. The van der Waals surface area contributed by atoms with Gasteiger partial charge in [0.25, 0.3) is 0 Å². The van der Waals surface area contributed by atoms with E-state index in [9.17, 15) is 21.6 Å². The normalized spacial score (nSPS) is 22.7. The van der Waals surface area contributed by atoms with Crippen LogP contribution >= 0.6 is 0 Å². The lowest BCUT2D eigenvalue weighted by atomic mass is 9.62. The van der Waals surface area contributed by atoms with Crippen LogP contribution in [-0.4, -0.2) is 48.8 Å². The SMILES string of the molecule is COC1CC2(CCN(S(=O)(=O)c3cn(C)nc3C(F)(F)F)CC2)C1. The number of hydrogen-bond acceptors (Lipinski definition) is 4. The largest absolute Gasteiger partial charge is 0.436 e. The summed E-state index contributed by atoms with van der Waals surface area (Å²) in [6.07, 6.45) is -0.603. The van der Waals surface area contributed by atoms with Crippen LogP contribution in [0.4, 0.5) is 13.2 Å². The van der Waals surface area contributed by atoms with Crippen molar-refractivity contribution in [3.05, 3.63) is 11.9 Å². The predicted molar refractivity (Wildman–Crippen MR) is 78.7 cm³/mol. The molecule has 24 heavy (non-hydrogen) atoms. The Morgan fingerprint density at radius 2 is 1.88 bits per heavy atom. The molecular formula is C14H20F3N3O3S. The van der Waals surface area contributed by atoms with Gasteiger partial charge < -0.3 is 4.74 Å². The highest BCUT2D eigenvalue weighted by Gasteiger charge is 2.49. The van der Waals surface area contributed by atoms with Crippen LogP contribution in [0.1, 0.15) is 31.4 Å². The number of halogens is 3. The first kappa shape index (κ1) is 17.7. The van der Waals surface area contributed by atoms with Crippen molar-refractivity contribution >= 4 is 10.0 Å². The minimum atomic E-state index is -4.81. The van der Waals surface area contributed by atoms with Gasteiger partial charge in [-0.2, -0.15) is 22.6 Å². The van der Waals surface area contributed by atoms with Gasteiger partial charge in [-0.15, -0.1) is 0 Å². The third-order valence-corrected chi connectivity index (χ3v) is 7.02. The first-order chi connectivity index (χ1) is 11.1. The minimum absolute atomic E-state index is 0.0779. The summed E-state index contributed by atoms with van der Waals surface area (Å²) >= 11 is 0. The molecule has 10 heteroatoms. The van der Waals surface area contributed by atoms with Gasteiger partial charge in [0.05, 0.1) is 6.10 Å². The lowest BCUT2D eigenvalue weighted by Gasteiger charge is -2.51. The molecule has 6 nitrogen and oxygen atoms in total. The summed E-state index contributed by atoms with van der Waals surface area (Å²) < 4.78 is 71.8. The van der Waals surface area contributed by atoms with Gasteiger partial charge in [-0.3, -0.25) is 4.68 Å². The number of methoxy groups -OCH3 is 1. The van der Waals surface area contributed by atoms with Crippen molar-refractivity contribution in [1.82, 2.24) is 14.1 Å². The molecule has 0 atom stereocenters. The lowest BCUT2D eigenvalue weighted by molar-refractivity contribution is -0.143. The van der Waals surface area contributed by atoms with Gasteiger partial charge in [0.15, 0.2) is 5.69 Å². The number of hydrogen-bond donors (Lipinski definition) is 0. The summed E-state index contributed by atoms with van der Waals surface area (Å²) in [5.74, 6) is 0. The Morgan fingerprint density at radius 3 is 2.38 bits per heavy atom. The predicted octanol–water partition coefficient (Wildman–Crippen LogP) is 2.02. The van der Waals surface area contributed by atoms with Crippen LogP contribution in [0, 0.1) is 5.41 Å². The molecule has 2 fully saturated rings. The van der Waals surface area contributed by atoms with Gasteiger partial charge in [-0.25, -0.2) is 8.42 Å². The Morgan fingerprint density at radius 1 is 1.29 bits per heavy atom. The van der Waals surface area contributed by atoms with Crippen molar-refractivity contribution in [3.8, 4) is 0 Å². The van der Waals surface area contributed by atoms with E-state index in [0.717, 1.165) is 28.0 Å². The number of sulfonamides is 1. The smallest absolute Gasteiger partial charge is 0.381 e. The molecular weight excluding hydrogens is 347 g/mol. The van der Waals surface area contributed by atoms with E-state index in [-0.39, 0.29) is 24.6 Å². The molecule has 2 aliphatic rings. The second-order valence-electron chi connectivity index (χ2n) is 6.68. The van der Waals surface area contributed by atoms with Crippen LogP contribution in [0.25, 0.3) is 0 Å². The van der Waals surface area contributed by atoms with Crippen molar-refractivity contribution in [3.63, 3.8) is 0 Å². The Kier molecular flexibility index (Phi) is 4.20. The first-order valence-electron chi connectivity index (χ1n) is 7.71. The average molecular weight is 367 g/mol. The van der Waals surface area contributed by atoms with Crippen LogP contribution in [0.15, 0.2) is 11.1 Å². The summed E-state index contributed by atoms with van der Waals surface area (Å²) in [5, 5.41) is 3.29. The zero-order valence-corrected chi connectivity index (χ0v) is 14.3. The highest BCUT2D eigenvalue weighted by Crippen LogP contribution is 2.50. The van der Waals surface area contributed by atoms with E-state index in [0.29, 0.717) is 12.8 Å². The van der Waals surface area contributed by atoms with Crippen LogP contribution in [0.2, 0.25) is 0 Å². The number of aromatic nitrogens is 2. The Labute approximate surface area is 138 Å². The fourth-order valence-corrected chi connectivity index (χ4v) is 5.30. The topological polar surface area (TPSA) is 64.4 Å². The van der Waals surface area contributed by atoms with E-state index in [1.54, 1.807) is 7.11 Å².